The molecule has 0 N–H and O–H groups in total. The van der Waals surface area contributed by atoms with Crippen molar-refractivity contribution in [3.63, 3.8) is 0 Å². The molecule has 31 heavy (non-hydrogen) atoms. The summed E-state index contributed by atoms with van der Waals surface area (Å²) in [4.78, 5) is 18.5. The van der Waals surface area contributed by atoms with E-state index in [0.717, 1.165) is 30.5 Å². The standard InChI is InChI=1S/C23H21F3N2O3/c24-17-5-3-15(4-6-17)10-19-12-27-23(31-19)16-2-1-9-28(13-16)22(29)14-30-21-8-7-18(25)11-20(21)26/h3-8,11-12,16H,1-2,9-10,13-14H2/t16-/m1/s1. The number of ether oxygens (including phenoxy) is 1. The van der Waals surface area contributed by atoms with Crippen molar-refractivity contribution < 1.29 is 27.1 Å². The van der Waals surface area contributed by atoms with Crippen molar-refractivity contribution in [3.05, 3.63) is 83.3 Å². The number of rotatable bonds is 6. The van der Waals surface area contributed by atoms with Gasteiger partial charge in [0, 0.05) is 25.6 Å². The molecule has 0 saturated carbocycles. The average Bonchev–Trinajstić information content (AvgIpc) is 3.23. The molecule has 1 aliphatic rings. The second kappa shape index (κ2) is 9.24. The molecule has 0 spiro atoms. The second-order valence-electron chi connectivity index (χ2n) is 7.51. The highest BCUT2D eigenvalue weighted by atomic mass is 19.1. The Morgan fingerprint density at radius 1 is 1.13 bits per heavy atom. The lowest BCUT2D eigenvalue weighted by molar-refractivity contribution is -0.134. The molecule has 0 bridgehead atoms. The highest BCUT2D eigenvalue weighted by Crippen LogP contribution is 2.27. The quantitative estimate of drug-likeness (QED) is 0.579. The number of benzene rings is 2. The summed E-state index contributed by atoms with van der Waals surface area (Å²) in [7, 11) is 0. The van der Waals surface area contributed by atoms with E-state index >= 15 is 0 Å². The zero-order valence-corrected chi connectivity index (χ0v) is 16.7. The third-order valence-corrected chi connectivity index (χ3v) is 5.23. The van der Waals surface area contributed by atoms with Gasteiger partial charge < -0.3 is 14.1 Å². The van der Waals surface area contributed by atoms with Crippen molar-refractivity contribution in [2.24, 2.45) is 0 Å². The summed E-state index contributed by atoms with van der Waals surface area (Å²) in [6, 6.07) is 9.14. The Labute approximate surface area is 177 Å². The third-order valence-electron chi connectivity index (χ3n) is 5.23. The number of nitrogens with zero attached hydrogens (tertiary/aromatic N) is 2. The predicted molar refractivity (Wildman–Crippen MR) is 106 cm³/mol. The highest BCUT2D eigenvalue weighted by molar-refractivity contribution is 5.78. The first-order chi connectivity index (χ1) is 15.0. The molecule has 1 saturated heterocycles. The predicted octanol–water partition coefficient (Wildman–Crippen LogP) is 4.47. The molecule has 5 nitrogen and oxygen atoms in total. The van der Waals surface area contributed by atoms with Crippen LogP contribution >= 0.6 is 0 Å². The van der Waals surface area contributed by atoms with E-state index in [1.54, 1.807) is 23.2 Å². The van der Waals surface area contributed by atoms with Gasteiger partial charge in [0.2, 0.25) is 0 Å². The van der Waals surface area contributed by atoms with Crippen LogP contribution in [0.1, 0.15) is 36.0 Å². The number of oxazole rings is 1. The summed E-state index contributed by atoms with van der Waals surface area (Å²) >= 11 is 0. The van der Waals surface area contributed by atoms with Crippen LogP contribution < -0.4 is 4.74 Å². The van der Waals surface area contributed by atoms with Crippen LogP contribution in [0, 0.1) is 17.5 Å². The molecular formula is C23H21F3N2O3. The summed E-state index contributed by atoms with van der Waals surface area (Å²) in [5, 5.41) is 0. The molecule has 3 aromatic rings. The number of hydrogen-bond donors (Lipinski definition) is 0. The van der Waals surface area contributed by atoms with Crippen molar-refractivity contribution in [2.75, 3.05) is 19.7 Å². The van der Waals surface area contributed by atoms with Crippen molar-refractivity contribution in [1.82, 2.24) is 9.88 Å². The van der Waals surface area contributed by atoms with Gasteiger partial charge in [-0.2, -0.15) is 0 Å². The first kappa shape index (κ1) is 21.0. The van der Waals surface area contributed by atoms with Gasteiger partial charge in [-0.3, -0.25) is 4.79 Å². The van der Waals surface area contributed by atoms with E-state index in [1.165, 1.54) is 12.1 Å². The Kier molecular flexibility index (Phi) is 6.25. The van der Waals surface area contributed by atoms with E-state index in [4.69, 9.17) is 9.15 Å². The number of likely N-dealkylation sites (tertiary alicyclic amines) is 1. The van der Waals surface area contributed by atoms with Crippen molar-refractivity contribution >= 4 is 5.91 Å². The van der Waals surface area contributed by atoms with Gasteiger partial charge >= 0.3 is 0 Å². The molecular weight excluding hydrogens is 409 g/mol. The fourth-order valence-corrected chi connectivity index (χ4v) is 3.62. The topological polar surface area (TPSA) is 55.6 Å². The van der Waals surface area contributed by atoms with Gasteiger partial charge in [-0.15, -0.1) is 0 Å². The molecule has 1 aliphatic heterocycles. The SMILES string of the molecule is O=C(COc1ccc(F)cc1F)N1CCC[C@@H](c2ncc(Cc3ccc(F)cc3)o2)C1. The van der Waals surface area contributed by atoms with Crippen LogP contribution in [0.3, 0.4) is 0 Å². The van der Waals surface area contributed by atoms with Gasteiger partial charge in [0.15, 0.2) is 24.1 Å². The minimum atomic E-state index is -0.849. The van der Waals surface area contributed by atoms with Crippen LogP contribution in [0.5, 0.6) is 5.75 Å². The number of piperidine rings is 1. The lowest BCUT2D eigenvalue weighted by Crippen LogP contribution is -2.41. The van der Waals surface area contributed by atoms with E-state index in [1.807, 2.05) is 0 Å². The molecule has 1 atom stereocenters. The minimum Gasteiger partial charge on any atom is -0.481 e. The maximum absolute atomic E-state index is 13.7. The molecule has 1 amide bonds. The Hall–Kier alpha value is -3.29. The zero-order valence-electron chi connectivity index (χ0n) is 16.7. The molecule has 1 aromatic heterocycles. The molecule has 2 aromatic carbocycles. The Morgan fingerprint density at radius 2 is 1.90 bits per heavy atom. The second-order valence-corrected chi connectivity index (χ2v) is 7.51. The molecule has 1 fully saturated rings. The van der Waals surface area contributed by atoms with Crippen LogP contribution in [0.25, 0.3) is 0 Å². The maximum atomic E-state index is 13.7. The highest BCUT2D eigenvalue weighted by Gasteiger charge is 2.28. The summed E-state index contributed by atoms with van der Waals surface area (Å²) in [5.41, 5.74) is 0.912. The maximum Gasteiger partial charge on any atom is 0.260 e. The normalized spacial score (nSPS) is 16.4. The van der Waals surface area contributed by atoms with E-state index < -0.39 is 11.6 Å². The molecule has 0 aliphatic carbocycles. The van der Waals surface area contributed by atoms with Crippen LogP contribution in [0.4, 0.5) is 13.2 Å². The lowest BCUT2D eigenvalue weighted by Gasteiger charge is -2.31. The average molecular weight is 430 g/mol. The summed E-state index contributed by atoms with van der Waals surface area (Å²) in [6.45, 7) is 0.648. The molecule has 0 radical (unpaired) electrons. The number of carbonyl (C=O) groups excluding carboxylic acids is 1. The van der Waals surface area contributed by atoms with Gasteiger partial charge in [0.25, 0.3) is 5.91 Å². The van der Waals surface area contributed by atoms with E-state index in [2.05, 4.69) is 4.98 Å². The monoisotopic (exact) mass is 430 g/mol. The molecule has 2 heterocycles. The van der Waals surface area contributed by atoms with Crippen LogP contribution in [0.2, 0.25) is 0 Å². The molecule has 0 unspecified atom stereocenters. The van der Waals surface area contributed by atoms with Gasteiger partial charge in [-0.1, -0.05) is 12.1 Å². The van der Waals surface area contributed by atoms with Gasteiger partial charge in [0.1, 0.15) is 17.4 Å². The van der Waals surface area contributed by atoms with Crippen molar-refractivity contribution in [2.45, 2.75) is 25.2 Å². The Balaban J connectivity index is 1.34. The first-order valence-corrected chi connectivity index (χ1v) is 10.0. The zero-order chi connectivity index (χ0) is 21.8. The van der Waals surface area contributed by atoms with Crippen LogP contribution in [-0.2, 0) is 11.2 Å². The molecule has 8 heteroatoms. The number of hydrogen-bond acceptors (Lipinski definition) is 4. The third kappa shape index (κ3) is 5.25. The largest absolute Gasteiger partial charge is 0.481 e. The number of carbonyl (C=O) groups is 1. The van der Waals surface area contributed by atoms with Crippen LogP contribution in [-0.4, -0.2) is 35.5 Å². The molecule has 4 rings (SSSR count). The Morgan fingerprint density at radius 3 is 2.68 bits per heavy atom. The van der Waals surface area contributed by atoms with Crippen molar-refractivity contribution in [1.29, 1.82) is 0 Å². The van der Waals surface area contributed by atoms with Gasteiger partial charge in [-0.05, 0) is 42.7 Å². The smallest absolute Gasteiger partial charge is 0.260 e. The van der Waals surface area contributed by atoms with E-state index in [-0.39, 0.29) is 30.0 Å². The fraction of sp³-hybridized carbons (Fsp3) is 0.304. The van der Waals surface area contributed by atoms with E-state index in [0.29, 0.717) is 37.2 Å². The molecule has 162 valence electrons. The van der Waals surface area contributed by atoms with Crippen LogP contribution in [0.15, 0.2) is 53.1 Å². The van der Waals surface area contributed by atoms with Crippen molar-refractivity contribution in [3.8, 4) is 5.75 Å². The first-order valence-electron chi connectivity index (χ1n) is 10.0. The summed E-state index contributed by atoms with van der Waals surface area (Å²) in [6.07, 6.45) is 3.75. The Bertz CT molecular complexity index is 1050. The number of aromatic nitrogens is 1. The number of halogens is 3. The lowest BCUT2D eigenvalue weighted by atomic mass is 9.98. The van der Waals surface area contributed by atoms with E-state index in [9.17, 15) is 18.0 Å². The van der Waals surface area contributed by atoms with Gasteiger partial charge in [-0.25, -0.2) is 18.2 Å². The number of amides is 1. The fourth-order valence-electron chi connectivity index (χ4n) is 3.62. The summed E-state index contributed by atoms with van der Waals surface area (Å²) in [5.74, 6) is -1.13. The summed E-state index contributed by atoms with van der Waals surface area (Å²) < 4.78 is 50.8. The minimum absolute atomic E-state index is 0.0535. The van der Waals surface area contributed by atoms with Gasteiger partial charge in [0.05, 0.1) is 12.1 Å².